The van der Waals surface area contributed by atoms with Crippen molar-refractivity contribution in [3.63, 3.8) is 0 Å². The minimum absolute atomic E-state index is 0.00159. The molecule has 0 saturated carbocycles. The van der Waals surface area contributed by atoms with Crippen LogP contribution in [0.4, 0.5) is 13.8 Å². The summed E-state index contributed by atoms with van der Waals surface area (Å²) in [7, 11) is 0. The van der Waals surface area contributed by atoms with Gasteiger partial charge in [-0.3, -0.25) is 4.79 Å². The zero-order valence-corrected chi connectivity index (χ0v) is 14.9. The van der Waals surface area contributed by atoms with E-state index in [2.05, 4.69) is 4.99 Å². The standard InChI is InChI=1S/C17H18F2N4O2S/c1-17(2,25)8-5-10(18)14(11(19)6-8)12-7-9(15(22)24)16(26-12)23-13(21)3-4-20/h3-7,25H,20H2,1-2H3,(H2,21,23)(H2,22,24). The lowest BCUT2D eigenvalue weighted by Gasteiger charge is -2.18. The Labute approximate surface area is 152 Å². The summed E-state index contributed by atoms with van der Waals surface area (Å²) >= 11 is 0.851. The van der Waals surface area contributed by atoms with Gasteiger partial charge in [-0.25, -0.2) is 13.8 Å². The van der Waals surface area contributed by atoms with Gasteiger partial charge in [0.25, 0.3) is 5.91 Å². The molecule has 26 heavy (non-hydrogen) atoms. The van der Waals surface area contributed by atoms with Crippen LogP contribution in [-0.2, 0) is 5.60 Å². The highest BCUT2D eigenvalue weighted by atomic mass is 32.1. The highest BCUT2D eigenvalue weighted by Crippen LogP contribution is 2.40. The predicted molar refractivity (Wildman–Crippen MR) is 98.0 cm³/mol. The van der Waals surface area contributed by atoms with Gasteiger partial charge in [-0.05, 0) is 49.9 Å². The smallest absolute Gasteiger partial charge is 0.251 e. The number of amides is 1. The van der Waals surface area contributed by atoms with E-state index >= 15 is 0 Å². The second kappa shape index (κ2) is 7.22. The van der Waals surface area contributed by atoms with Crippen LogP contribution in [0.3, 0.4) is 0 Å². The molecular weight excluding hydrogens is 362 g/mol. The minimum atomic E-state index is -1.41. The molecule has 6 nitrogen and oxygen atoms in total. The topological polar surface area (TPSA) is 128 Å². The van der Waals surface area contributed by atoms with Gasteiger partial charge in [-0.1, -0.05) is 0 Å². The minimum Gasteiger partial charge on any atom is -0.404 e. The fourth-order valence-electron chi connectivity index (χ4n) is 2.18. The Hall–Kier alpha value is -2.78. The van der Waals surface area contributed by atoms with Crippen molar-refractivity contribution in [2.24, 2.45) is 22.2 Å². The van der Waals surface area contributed by atoms with Crippen LogP contribution in [0.5, 0.6) is 0 Å². The summed E-state index contributed by atoms with van der Waals surface area (Å²) in [5.41, 5.74) is 14.4. The second-order valence-electron chi connectivity index (χ2n) is 5.96. The van der Waals surface area contributed by atoms with Gasteiger partial charge in [0.2, 0.25) is 0 Å². The average Bonchev–Trinajstić information content (AvgIpc) is 2.89. The summed E-state index contributed by atoms with van der Waals surface area (Å²) in [6.07, 6.45) is 2.45. The van der Waals surface area contributed by atoms with Crippen molar-refractivity contribution in [2.75, 3.05) is 0 Å². The van der Waals surface area contributed by atoms with Crippen LogP contribution in [0.2, 0.25) is 0 Å². The molecule has 0 radical (unpaired) electrons. The summed E-state index contributed by atoms with van der Waals surface area (Å²) in [4.78, 5) is 15.7. The van der Waals surface area contributed by atoms with E-state index in [1.54, 1.807) is 0 Å². The number of rotatable bonds is 5. The van der Waals surface area contributed by atoms with Crippen molar-refractivity contribution in [2.45, 2.75) is 19.4 Å². The number of nitrogens with two attached hydrogens (primary N) is 3. The van der Waals surface area contributed by atoms with Gasteiger partial charge in [0.1, 0.15) is 22.5 Å². The molecule has 0 aliphatic rings. The van der Waals surface area contributed by atoms with Gasteiger partial charge < -0.3 is 22.3 Å². The number of aliphatic imine (C=N–C) groups is 1. The molecule has 1 heterocycles. The first-order valence-corrected chi connectivity index (χ1v) is 8.24. The number of amidine groups is 1. The molecule has 1 amide bonds. The van der Waals surface area contributed by atoms with Gasteiger partial charge in [-0.15, -0.1) is 11.3 Å². The van der Waals surface area contributed by atoms with Crippen LogP contribution in [-0.4, -0.2) is 16.8 Å². The third kappa shape index (κ3) is 4.06. The molecule has 0 bridgehead atoms. The molecule has 7 N–H and O–H groups in total. The molecule has 0 saturated heterocycles. The van der Waals surface area contributed by atoms with E-state index in [-0.39, 0.29) is 32.4 Å². The van der Waals surface area contributed by atoms with Crippen molar-refractivity contribution < 1.29 is 18.7 Å². The van der Waals surface area contributed by atoms with E-state index in [1.165, 1.54) is 26.0 Å². The largest absolute Gasteiger partial charge is 0.404 e. The van der Waals surface area contributed by atoms with E-state index in [0.717, 1.165) is 29.7 Å². The molecule has 1 aromatic heterocycles. The summed E-state index contributed by atoms with van der Waals surface area (Å²) in [5.74, 6) is -2.58. The number of aliphatic hydroxyl groups is 1. The number of carbonyl (C=O) groups excluding carboxylic acids is 1. The first-order valence-electron chi connectivity index (χ1n) is 7.43. The maximum absolute atomic E-state index is 14.5. The van der Waals surface area contributed by atoms with E-state index in [4.69, 9.17) is 17.2 Å². The van der Waals surface area contributed by atoms with Crippen LogP contribution in [0.25, 0.3) is 10.4 Å². The lowest BCUT2D eigenvalue weighted by molar-refractivity contribution is 0.0778. The lowest BCUT2D eigenvalue weighted by atomic mass is 9.96. The average molecular weight is 380 g/mol. The first kappa shape index (κ1) is 19.5. The molecule has 0 atom stereocenters. The number of hydrogen-bond acceptors (Lipinski definition) is 5. The van der Waals surface area contributed by atoms with Gasteiger partial charge in [0.05, 0.1) is 16.7 Å². The van der Waals surface area contributed by atoms with Crippen molar-refractivity contribution in [1.82, 2.24) is 0 Å². The van der Waals surface area contributed by atoms with Crippen molar-refractivity contribution >= 4 is 28.1 Å². The fourth-order valence-corrected chi connectivity index (χ4v) is 3.28. The molecule has 0 aliphatic carbocycles. The fraction of sp³-hybridized carbons (Fsp3) is 0.176. The molecule has 0 spiro atoms. The van der Waals surface area contributed by atoms with Crippen molar-refractivity contribution in [3.8, 4) is 10.4 Å². The van der Waals surface area contributed by atoms with Crippen LogP contribution < -0.4 is 17.2 Å². The Morgan fingerprint density at radius 3 is 2.27 bits per heavy atom. The molecule has 138 valence electrons. The second-order valence-corrected chi connectivity index (χ2v) is 6.99. The molecular formula is C17H18F2N4O2S. The Balaban J connectivity index is 2.63. The maximum Gasteiger partial charge on any atom is 0.251 e. The lowest BCUT2D eigenvalue weighted by Crippen LogP contribution is -2.16. The number of primary amides is 1. The van der Waals surface area contributed by atoms with E-state index < -0.39 is 23.1 Å². The molecule has 2 aromatic rings. The normalized spacial score (nSPS) is 12.7. The zero-order chi connectivity index (χ0) is 19.6. The van der Waals surface area contributed by atoms with Gasteiger partial charge in [-0.2, -0.15) is 0 Å². The number of halogens is 2. The molecule has 1 aromatic carbocycles. The quantitative estimate of drug-likeness (QED) is 0.469. The monoisotopic (exact) mass is 380 g/mol. The number of hydrogen-bond donors (Lipinski definition) is 4. The van der Waals surface area contributed by atoms with E-state index in [1.807, 2.05) is 0 Å². The summed E-state index contributed by atoms with van der Waals surface area (Å²) in [5, 5.41) is 10.0. The van der Waals surface area contributed by atoms with Crippen molar-refractivity contribution in [3.05, 3.63) is 53.2 Å². The van der Waals surface area contributed by atoms with Crippen LogP contribution in [0.15, 0.2) is 35.5 Å². The molecule has 0 fully saturated rings. The number of carbonyl (C=O) groups is 1. The SMILES string of the molecule is CC(C)(O)c1cc(F)c(-c2cc(C(N)=O)c(N=C(N)C=CN)s2)c(F)c1. The summed E-state index contributed by atoms with van der Waals surface area (Å²) in [6.45, 7) is 2.83. The van der Waals surface area contributed by atoms with Crippen LogP contribution >= 0.6 is 11.3 Å². The number of nitrogens with zero attached hydrogens (tertiary/aromatic N) is 1. The number of thiophene rings is 1. The first-order chi connectivity index (χ1) is 12.0. The van der Waals surface area contributed by atoms with Gasteiger partial charge in [0.15, 0.2) is 0 Å². The Kier molecular flexibility index (Phi) is 5.43. The van der Waals surface area contributed by atoms with E-state index in [9.17, 15) is 18.7 Å². The molecule has 0 aliphatic heterocycles. The van der Waals surface area contributed by atoms with Crippen molar-refractivity contribution in [1.29, 1.82) is 0 Å². The predicted octanol–water partition coefficient (Wildman–Crippen LogP) is 2.48. The maximum atomic E-state index is 14.5. The number of benzene rings is 1. The highest BCUT2D eigenvalue weighted by Gasteiger charge is 2.24. The Morgan fingerprint density at radius 2 is 1.81 bits per heavy atom. The third-order valence-electron chi connectivity index (χ3n) is 3.47. The highest BCUT2D eigenvalue weighted by molar-refractivity contribution is 7.19. The third-order valence-corrected chi connectivity index (χ3v) is 4.52. The Bertz CT molecular complexity index is 891. The molecule has 0 unspecified atom stereocenters. The van der Waals surface area contributed by atoms with Gasteiger partial charge >= 0.3 is 0 Å². The zero-order valence-electron chi connectivity index (χ0n) is 14.1. The Morgan fingerprint density at radius 1 is 1.23 bits per heavy atom. The van der Waals surface area contributed by atoms with Gasteiger partial charge in [0, 0.05) is 4.88 Å². The summed E-state index contributed by atoms with van der Waals surface area (Å²) < 4.78 is 29.0. The van der Waals surface area contributed by atoms with Crippen LogP contribution in [0, 0.1) is 11.6 Å². The molecule has 2 rings (SSSR count). The van der Waals surface area contributed by atoms with Crippen LogP contribution in [0.1, 0.15) is 29.8 Å². The molecule has 9 heteroatoms. The summed E-state index contributed by atoms with van der Waals surface area (Å²) in [6, 6.07) is 3.32. The van der Waals surface area contributed by atoms with E-state index in [0.29, 0.717) is 0 Å².